The summed E-state index contributed by atoms with van der Waals surface area (Å²) < 4.78 is 8.52. The van der Waals surface area contributed by atoms with Gasteiger partial charge < -0.3 is 16.2 Å². The predicted molar refractivity (Wildman–Crippen MR) is 153 cm³/mol. The van der Waals surface area contributed by atoms with Gasteiger partial charge in [0.05, 0.1) is 16.6 Å². The fourth-order valence-corrected chi connectivity index (χ4v) is 4.62. The molecule has 0 atom stereocenters. The Kier molecular flexibility index (Phi) is 7.84. The van der Waals surface area contributed by atoms with E-state index in [1.165, 1.54) is 4.52 Å². The number of ether oxygens (including phenoxy) is 1. The Morgan fingerprint density at radius 2 is 1.88 bits per heavy atom. The highest BCUT2D eigenvalue weighted by molar-refractivity contribution is 6.03. The summed E-state index contributed by atoms with van der Waals surface area (Å²) in [5, 5.41) is 4.46. The number of fused-ring (bicyclic) bond motifs is 2. The standard InChI is InChI=1S/C23H22N2O2.C7H7N5O/c1-2-21-24-20-10-6-7-18(12-11-17-13-15-27-16-14-17)22(20)23(26)25(21)19-8-4-3-5-9-19;8-5-4(6(9)13)7-10-2-1-3-12(7)11-5/h3-10,17H,2,13-16H2,1H3;1-3H,(H2,8,11)(H2,9,13). The number of hydrogen-bond acceptors (Lipinski definition) is 7. The Labute approximate surface area is 230 Å². The second-order valence-electron chi connectivity index (χ2n) is 9.23. The summed E-state index contributed by atoms with van der Waals surface area (Å²) in [5.74, 6) is 7.16. The van der Waals surface area contributed by atoms with Gasteiger partial charge in [0, 0.05) is 43.5 Å². The Morgan fingerprint density at radius 1 is 1.10 bits per heavy atom. The van der Waals surface area contributed by atoms with Gasteiger partial charge in [-0.1, -0.05) is 43.0 Å². The number of aryl methyl sites for hydroxylation is 1. The van der Waals surface area contributed by atoms with Crippen molar-refractivity contribution in [2.75, 3.05) is 18.9 Å². The van der Waals surface area contributed by atoms with E-state index in [-0.39, 0.29) is 16.9 Å². The van der Waals surface area contributed by atoms with Crippen LogP contribution in [0.25, 0.3) is 22.2 Å². The Bertz CT molecular complexity index is 1790. The molecule has 1 aliphatic heterocycles. The van der Waals surface area contributed by atoms with Gasteiger partial charge in [0.25, 0.3) is 11.5 Å². The lowest BCUT2D eigenvalue weighted by Gasteiger charge is -2.16. The van der Waals surface area contributed by atoms with Crippen molar-refractivity contribution in [2.24, 2.45) is 11.7 Å². The van der Waals surface area contributed by atoms with E-state index in [1.807, 2.05) is 55.5 Å². The van der Waals surface area contributed by atoms with Crippen molar-refractivity contribution in [3.05, 3.63) is 94.3 Å². The molecule has 3 aromatic heterocycles. The van der Waals surface area contributed by atoms with E-state index in [9.17, 15) is 9.59 Å². The average molecular weight is 536 g/mol. The molecule has 40 heavy (non-hydrogen) atoms. The molecule has 1 amide bonds. The summed E-state index contributed by atoms with van der Waals surface area (Å²) in [6, 6.07) is 17.1. The van der Waals surface area contributed by atoms with Gasteiger partial charge >= 0.3 is 0 Å². The monoisotopic (exact) mass is 535 g/mol. The van der Waals surface area contributed by atoms with Gasteiger partial charge in [0.1, 0.15) is 11.4 Å². The third kappa shape index (κ3) is 5.41. The molecule has 2 aromatic carbocycles. The van der Waals surface area contributed by atoms with Crippen LogP contribution in [0.2, 0.25) is 0 Å². The summed E-state index contributed by atoms with van der Waals surface area (Å²) >= 11 is 0. The molecule has 0 aliphatic carbocycles. The lowest BCUT2D eigenvalue weighted by Crippen LogP contribution is -2.24. The molecule has 1 aliphatic rings. The maximum Gasteiger partial charge on any atom is 0.267 e. The second kappa shape index (κ2) is 11.8. The molecule has 10 nitrogen and oxygen atoms in total. The molecular weight excluding hydrogens is 506 g/mol. The van der Waals surface area contributed by atoms with Gasteiger partial charge in [-0.3, -0.25) is 14.2 Å². The molecule has 0 saturated carbocycles. The number of aromatic nitrogens is 5. The minimum atomic E-state index is -0.619. The lowest BCUT2D eigenvalue weighted by atomic mass is 10.00. The molecule has 0 bridgehead atoms. The Balaban J connectivity index is 0.000000207. The number of rotatable bonds is 3. The lowest BCUT2D eigenvalue weighted by molar-refractivity contribution is 0.0807. The normalized spacial score (nSPS) is 13.3. The fraction of sp³-hybridized carbons (Fsp3) is 0.233. The number of anilines is 1. The molecule has 4 heterocycles. The van der Waals surface area contributed by atoms with E-state index in [2.05, 4.69) is 21.9 Å². The quantitative estimate of drug-likeness (QED) is 0.338. The Morgan fingerprint density at radius 3 is 2.60 bits per heavy atom. The van der Waals surface area contributed by atoms with Crippen LogP contribution in [-0.4, -0.2) is 43.3 Å². The van der Waals surface area contributed by atoms with E-state index in [4.69, 9.17) is 21.2 Å². The van der Waals surface area contributed by atoms with Crippen LogP contribution in [0, 0.1) is 17.8 Å². The highest BCUT2D eigenvalue weighted by Crippen LogP contribution is 2.18. The number of carbonyl (C=O) groups is 1. The zero-order valence-corrected chi connectivity index (χ0v) is 22.1. The van der Waals surface area contributed by atoms with E-state index in [0.29, 0.717) is 28.9 Å². The zero-order chi connectivity index (χ0) is 28.1. The average Bonchev–Trinajstić information content (AvgIpc) is 3.33. The summed E-state index contributed by atoms with van der Waals surface area (Å²) in [7, 11) is 0. The van der Waals surface area contributed by atoms with Crippen LogP contribution < -0.4 is 17.0 Å². The zero-order valence-electron chi connectivity index (χ0n) is 22.1. The number of primary amides is 1. The first-order valence-corrected chi connectivity index (χ1v) is 13.1. The summed E-state index contributed by atoms with van der Waals surface area (Å²) in [5.41, 5.74) is 13.4. The van der Waals surface area contributed by atoms with Crippen molar-refractivity contribution in [1.82, 2.24) is 24.1 Å². The van der Waals surface area contributed by atoms with Crippen molar-refractivity contribution in [3.63, 3.8) is 0 Å². The van der Waals surface area contributed by atoms with E-state index in [1.54, 1.807) is 23.0 Å². The van der Waals surface area contributed by atoms with Crippen molar-refractivity contribution in [2.45, 2.75) is 26.2 Å². The molecular formula is C30H29N7O3. The SMILES string of the molecule is CCc1nc2cccc(C#CC3CCOCC3)c2c(=O)n1-c1ccccc1.NC(=O)c1c(N)nn2cccnc12. The summed E-state index contributed by atoms with van der Waals surface area (Å²) in [6.45, 7) is 3.54. The smallest absolute Gasteiger partial charge is 0.267 e. The highest BCUT2D eigenvalue weighted by Gasteiger charge is 2.16. The van der Waals surface area contributed by atoms with Crippen molar-refractivity contribution >= 4 is 28.3 Å². The molecule has 0 unspecified atom stereocenters. The third-order valence-corrected chi connectivity index (χ3v) is 6.60. The molecule has 5 aromatic rings. The van der Waals surface area contributed by atoms with Crippen LogP contribution in [0.4, 0.5) is 5.82 Å². The maximum absolute atomic E-state index is 13.4. The molecule has 10 heteroatoms. The molecule has 1 saturated heterocycles. The molecule has 0 radical (unpaired) electrons. The first kappa shape index (κ1) is 26.6. The number of nitrogens with two attached hydrogens (primary N) is 2. The van der Waals surface area contributed by atoms with Crippen LogP contribution >= 0.6 is 0 Å². The van der Waals surface area contributed by atoms with E-state index < -0.39 is 5.91 Å². The largest absolute Gasteiger partial charge is 0.381 e. The van der Waals surface area contributed by atoms with Gasteiger partial charge in [-0.2, -0.15) is 0 Å². The van der Waals surface area contributed by atoms with Crippen LogP contribution in [0.3, 0.4) is 0 Å². The fourth-order valence-electron chi connectivity index (χ4n) is 4.62. The topological polar surface area (TPSA) is 143 Å². The van der Waals surface area contributed by atoms with Gasteiger partial charge in [0.2, 0.25) is 0 Å². The highest BCUT2D eigenvalue weighted by atomic mass is 16.5. The predicted octanol–water partition coefficient (Wildman–Crippen LogP) is 3.14. The van der Waals surface area contributed by atoms with Crippen LogP contribution in [0.5, 0.6) is 0 Å². The number of amides is 1. The Hall–Kier alpha value is -5.01. The van der Waals surface area contributed by atoms with Gasteiger partial charge in [-0.25, -0.2) is 14.5 Å². The number of nitrogen functional groups attached to an aromatic ring is 1. The van der Waals surface area contributed by atoms with Crippen molar-refractivity contribution in [1.29, 1.82) is 0 Å². The molecule has 6 rings (SSSR count). The van der Waals surface area contributed by atoms with E-state index >= 15 is 0 Å². The maximum atomic E-state index is 13.4. The minimum Gasteiger partial charge on any atom is -0.381 e. The number of benzene rings is 2. The number of hydrogen-bond donors (Lipinski definition) is 2. The number of nitrogens with zero attached hydrogens (tertiary/aromatic N) is 5. The van der Waals surface area contributed by atoms with Crippen LogP contribution in [-0.2, 0) is 11.2 Å². The second-order valence-corrected chi connectivity index (χ2v) is 9.23. The van der Waals surface area contributed by atoms with Gasteiger partial charge in [-0.15, -0.1) is 5.10 Å². The summed E-state index contributed by atoms with van der Waals surface area (Å²) in [4.78, 5) is 33.1. The van der Waals surface area contributed by atoms with Gasteiger partial charge in [0.15, 0.2) is 11.5 Å². The molecule has 202 valence electrons. The summed E-state index contributed by atoms with van der Waals surface area (Å²) in [6.07, 6.45) is 5.76. The minimum absolute atomic E-state index is 0.0556. The first-order valence-electron chi connectivity index (χ1n) is 13.1. The number of carbonyl (C=O) groups excluding carboxylic acids is 1. The van der Waals surface area contributed by atoms with Crippen LogP contribution in [0.1, 0.15) is 41.5 Å². The molecule has 1 fully saturated rings. The first-order chi connectivity index (χ1) is 19.5. The number of para-hydroxylation sites is 1. The van der Waals surface area contributed by atoms with Crippen molar-refractivity contribution < 1.29 is 9.53 Å². The molecule has 0 spiro atoms. The molecule has 4 N–H and O–H groups in total. The van der Waals surface area contributed by atoms with Gasteiger partial charge in [-0.05, 0) is 43.2 Å². The van der Waals surface area contributed by atoms with Crippen LogP contribution in [0.15, 0.2) is 71.8 Å². The van der Waals surface area contributed by atoms with Crippen molar-refractivity contribution in [3.8, 4) is 17.5 Å². The third-order valence-electron chi connectivity index (χ3n) is 6.60. The van der Waals surface area contributed by atoms with E-state index in [0.717, 1.165) is 43.1 Å².